The second kappa shape index (κ2) is 8.43. The van der Waals surface area contributed by atoms with Crippen molar-refractivity contribution >= 4 is 17.5 Å². The quantitative estimate of drug-likeness (QED) is 0.705. The van der Waals surface area contributed by atoms with Gasteiger partial charge in [0.2, 0.25) is 5.91 Å². The van der Waals surface area contributed by atoms with E-state index in [1.807, 2.05) is 55.5 Å². The van der Waals surface area contributed by atoms with Crippen LogP contribution in [0.1, 0.15) is 43.9 Å². The largest absolute Gasteiger partial charge is 0.394 e. The van der Waals surface area contributed by atoms with Crippen molar-refractivity contribution in [2.24, 2.45) is 11.8 Å². The van der Waals surface area contributed by atoms with Gasteiger partial charge >= 0.3 is 0 Å². The predicted octanol–water partition coefficient (Wildman–Crippen LogP) is 2.62. The summed E-state index contributed by atoms with van der Waals surface area (Å²) in [4.78, 5) is 30.6. The fourth-order valence-corrected chi connectivity index (χ4v) is 6.67. The van der Waals surface area contributed by atoms with Crippen LogP contribution in [-0.2, 0) is 32.9 Å². The highest BCUT2D eigenvalue weighted by Gasteiger charge is 2.65. The molecule has 3 heterocycles. The van der Waals surface area contributed by atoms with E-state index < -0.39 is 23.2 Å². The monoisotopic (exact) mass is 478 g/mol. The molecule has 2 N–H and O–H groups in total. The number of ether oxygens (including phenoxy) is 1. The van der Waals surface area contributed by atoms with Crippen molar-refractivity contribution in [3.63, 3.8) is 0 Å². The van der Waals surface area contributed by atoms with E-state index in [2.05, 4.69) is 0 Å². The number of nitrogens with zero attached hydrogens (tertiary/aromatic N) is 2. The van der Waals surface area contributed by atoms with Gasteiger partial charge in [-0.3, -0.25) is 9.59 Å². The maximum atomic E-state index is 13.7. The Kier molecular flexibility index (Phi) is 5.78. The first kappa shape index (κ1) is 24.0. The van der Waals surface area contributed by atoms with Gasteiger partial charge in [-0.1, -0.05) is 49.4 Å². The molecule has 1 saturated heterocycles. The Bertz CT molecular complexity index is 1160. The van der Waals surface area contributed by atoms with Crippen LogP contribution in [0.4, 0.5) is 5.69 Å². The molecule has 1 fully saturated rings. The average molecular weight is 479 g/mol. The summed E-state index contributed by atoms with van der Waals surface area (Å²) < 4.78 is 6.61. The second-order valence-corrected chi connectivity index (χ2v) is 10.8. The summed E-state index contributed by atoms with van der Waals surface area (Å²) in [6, 6.07) is 15.2. The summed E-state index contributed by atoms with van der Waals surface area (Å²) in [7, 11) is 1.74. The highest BCUT2D eigenvalue weighted by molar-refractivity contribution is 6.07. The fourth-order valence-electron chi connectivity index (χ4n) is 6.67. The number of fused-ring (bicyclic) bond motifs is 3. The summed E-state index contributed by atoms with van der Waals surface area (Å²) in [6.07, 6.45) is -0.0356. The number of hydrogen-bond acceptors (Lipinski definition) is 5. The van der Waals surface area contributed by atoms with Gasteiger partial charge in [0.25, 0.3) is 5.91 Å². The summed E-state index contributed by atoms with van der Waals surface area (Å²) in [6.45, 7) is 5.67. The van der Waals surface area contributed by atoms with Crippen LogP contribution in [-0.4, -0.2) is 58.3 Å². The van der Waals surface area contributed by atoms with Crippen molar-refractivity contribution in [3.05, 3.63) is 65.2 Å². The normalized spacial score (nSPS) is 30.1. The van der Waals surface area contributed by atoms with Gasteiger partial charge in [-0.2, -0.15) is 0 Å². The fraction of sp³-hybridized carbons (Fsp3) is 0.500. The van der Waals surface area contributed by atoms with E-state index in [1.54, 1.807) is 30.7 Å². The Balaban J connectivity index is 1.48. The molecule has 0 saturated carbocycles. The molecule has 7 heteroatoms. The zero-order valence-electron chi connectivity index (χ0n) is 20.8. The summed E-state index contributed by atoms with van der Waals surface area (Å²) in [5, 5.41) is 21.2. The molecule has 186 valence electrons. The lowest BCUT2D eigenvalue weighted by atomic mass is 9.70. The molecule has 2 aromatic carbocycles. The highest BCUT2D eigenvalue weighted by atomic mass is 16.5. The van der Waals surface area contributed by atoms with Gasteiger partial charge in [0.1, 0.15) is 0 Å². The van der Waals surface area contributed by atoms with Crippen molar-refractivity contribution in [1.29, 1.82) is 0 Å². The lowest BCUT2D eigenvalue weighted by Crippen LogP contribution is -2.48. The zero-order chi connectivity index (χ0) is 25.1. The molecule has 5 atom stereocenters. The van der Waals surface area contributed by atoms with Crippen LogP contribution in [0, 0.1) is 11.8 Å². The number of amides is 2. The van der Waals surface area contributed by atoms with Crippen molar-refractivity contribution < 1.29 is 24.5 Å². The van der Waals surface area contributed by atoms with Crippen LogP contribution >= 0.6 is 0 Å². The van der Waals surface area contributed by atoms with Crippen LogP contribution < -0.4 is 4.90 Å². The standard InChI is InChI=1S/C28H34N2O5/c1-17-25(27(2,3)34)23(35-28(17)21-11-7-8-12-22(21)29(4)26(28)33)14-24(32)30-15-19-10-6-5-9-18(19)13-20(30)16-31/h5-12,17,20,23,25,31,34H,13-16H2,1-4H3/t17-,20-,23+,25-,28+/m0/s1. The number of benzene rings is 2. The maximum absolute atomic E-state index is 13.7. The number of hydrogen-bond donors (Lipinski definition) is 2. The van der Waals surface area contributed by atoms with E-state index in [0.29, 0.717) is 13.0 Å². The van der Waals surface area contributed by atoms with E-state index in [4.69, 9.17) is 4.74 Å². The van der Waals surface area contributed by atoms with Crippen molar-refractivity contribution in [3.8, 4) is 0 Å². The average Bonchev–Trinajstić information content (AvgIpc) is 3.25. The molecular formula is C28H34N2O5. The minimum absolute atomic E-state index is 0.0264. The van der Waals surface area contributed by atoms with Gasteiger partial charge in [-0.25, -0.2) is 0 Å². The predicted molar refractivity (Wildman–Crippen MR) is 132 cm³/mol. The number of rotatable bonds is 4. The van der Waals surface area contributed by atoms with Crippen LogP contribution in [0.5, 0.6) is 0 Å². The minimum Gasteiger partial charge on any atom is -0.394 e. The zero-order valence-corrected chi connectivity index (χ0v) is 20.8. The smallest absolute Gasteiger partial charge is 0.264 e. The molecular weight excluding hydrogens is 444 g/mol. The first-order chi connectivity index (χ1) is 16.6. The number of aliphatic hydroxyl groups is 2. The van der Waals surface area contributed by atoms with Crippen molar-refractivity contribution in [2.75, 3.05) is 18.6 Å². The third-order valence-corrected chi connectivity index (χ3v) is 8.28. The number of aliphatic hydroxyl groups excluding tert-OH is 1. The number of likely N-dealkylation sites (N-methyl/N-ethyl adjacent to an activating group) is 1. The van der Waals surface area contributed by atoms with Crippen LogP contribution in [0.15, 0.2) is 48.5 Å². The van der Waals surface area contributed by atoms with Gasteiger partial charge < -0.3 is 24.7 Å². The van der Waals surface area contributed by atoms with Gasteiger partial charge in [-0.05, 0) is 37.5 Å². The van der Waals surface area contributed by atoms with E-state index in [0.717, 1.165) is 22.4 Å². The summed E-state index contributed by atoms with van der Waals surface area (Å²) in [5.41, 5.74) is 1.37. The number of anilines is 1. The van der Waals surface area contributed by atoms with Gasteiger partial charge in [-0.15, -0.1) is 0 Å². The Morgan fingerprint density at radius 1 is 1.14 bits per heavy atom. The van der Waals surface area contributed by atoms with Crippen LogP contribution in [0.25, 0.3) is 0 Å². The van der Waals surface area contributed by atoms with Crippen molar-refractivity contribution in [1.82, 2.24) is 4.90 Å². The molecule has 3 aliphatic rings. The third-order valence-electron chi connectivity index (χ3n) is 8.28. The Morgan fingerprint density at radius 3 is 2.49 bits per heavy atom. The number of para-hydroxylation sites is 1. The van der Waals surface area contributed by atoms with Gasteiger partial charge in [0.15, 0.2) is 5.60 Å². The molecule has 0 aliphatic carbocycles. The molecule has 0 aromatic heterocycles. The number of carbonyl (C=O) groups excluding carboxylic acids is 2. The molecule has 1 spiro atoms. The van der Waals surface area contributed by atoms with Crippen LogP contribution in [0.3, 0.4) is 0 Å². The second-order valence-electron chi connectivity index (χ2n) is 10.8. The molecule has 7 nitrogen and oxygen atoms in total. The molecule has 5 rings (SSSR count). The Hall–Kier alpha value is -2.74. The molecule has 35 heavy (non-hydrogen) atoms. The SMILES string of the molecule is C[C@H]1[C@H](C(C)(C)O)[C@@H](CC(=O)N2Cc3ccccc3C[C@H]2CO)O[C@]12C(=O)N(C)c1ccccc12. The summed E-state index contributed by atoms with van der Waals surface area (Å²) >= 11 is 0. The first-order valence-electron chi connectivity index (χ1n) is 12.3. The lowest BCUT2D eigenvalue weighted by Gasteiger charge is -2.38. The lowest BCUT2D eigenvalue weighted by molar-refractivity contribution is -0.151. The first-order valence-corrected chi connectivity index (χ1v) is 12.3. The topological polar surface area (TPSA) is 90.3 Å². The molecule has 0 unspecified atom stereocenters. The third kappa shape index (κ3) is 3.60. The maximum Gasteiger partial charge on any atom is 0.264 e. The van der Waals surface area contributed by atoms with E-state index >= 15 is 0 Å². The highest BCUT2D eigenvalue weighted by Crippen LogP contribution is 2.57. The Morgan fingerprint density at radius 2 is 1.80 bits per heavy atom. The molecule has 0 radical (unpaired) electrons. The number of carbonyl (C=O) groups is 2. The molecule has 2 aromatic rings. The molecule has 3 aliphatic heterocycles. The van der Waals surface area contributed by atoms with E-state index in [-0.39, 0.29) is 36.8 Å². The summed E-state index contributed by atoms with van der Waals surface area (Å²) in [5.74, 6) is -1.11. The minimum atomic E-state index is -1.24. The van der Waals surface area contributed by atoms with E-state index in [1.165, 1.54) is 0 Å². The van der Waals surface area contributed by atoms with Crippen LogP contribution in [0.2, 0.25) is 0 Å². The molecule has 2 amide bonds. The Labute approximate surface area is 206 Å². The van der Waals surface area contributed by atoms with Gasteiger partial charge in [0.05, 0.1) is 36.5 Å². The van der Waals surface area contributed by atoms with E-state index in [9.17, 15) is 19.8 Å². The molecule has 0 bridgehead atoms. The van der Waals surface area contributed by atoms with Crippen molar-refractivity contribution in [2.45, 2.75) is 63.5 Å². The van der Waals surface area contributed by atoms with Gasteiger partial charge in [0, 0.05) is 31.0 Å².